The minimum atomic E-state index is -0.423. The van der Waals surface area contributed by atoms with Crippen LogP contribution in [0.3, 0.4) is 0 Å². The minimum Gasteiger partial charge on any atom is -0.368 e. The molecule has 0 atom stereocenters. The van der Waals surface area contributed by atoms with E-state index in [0.717, 1.165) is 5.57 Å². The maximum Gasteiger partial charge on any atom is 0.236 e. The third kappa shape index (κ3) is 5.29. The van der Waals surface area contributed by atoms with Crippen molar-refractivity contribution < 1.29 is 4.79 Å². The van der Waals surface area contributed by atoms with Crippen molar-refractivity contribution in [2.75, 3.05) is 6.54 Å². The number of nitrogens with two attached hydrogens (primary N) is 1. The second-order valence-electron chi connectivity index (χ2n) is 3.82. The number of hydrogen-bond donors (Lipinski definition) is 2. The number of nitrogens with zero attached hydrogens (tertiary/aromatic N) is 2. The number of rotatable bonds is 5. The van der Waals surface area contributed by atoms with Gasteiger partial charge in [0.1, 0.15) is 11.7 Å². The molecule has 0 aliphatic rings. The monoisotopic (exact) mass is 224 g/mol. The molecular formula is C11H20N4O. The summed E-state index contributed by atoms with van der Waals surface area (Å²) in [4.78, 5) is 18.6. The lowest BCUT2D eigenvalue weighted by molar-refractivity contribution is -0.117. The van der Waals surface area contributed by atoms with E-state index in [1.54, 1.807) is 6.92 Å². The molecule has 0 fully saturated rings. The van der Waals surface area contributed by atoms with E-state index in [1.165, 1.54) is 0 Å². The zero-order valence-corrected chi connectivity index (χ0v) is 10.4. The Morgan fingerprint density at radius 3 is 2.38 bits per heavy atom. The first-order valence-corrected chi connectivity index (χ1v) is 5.13. The van der Waals surface area contributed by atoms with Crippen LogP contribution in [0.5, 0.6) is 0 Å². The summed E-state index contributed by atoms with van der Waals surface area (Å²) in [7, 11) is 0. The van der Waals surface area contributed by atoms with Crippen LogP contribution in [0, 0.1) is 5.92 Å². The van der Waals surface area contributed by atoms with E-state index in [4.69, 9.17) is 5.73 Å². The number of hydrogen-bond acceptors (Lipinski definition) is 3. The summed E-state index contributed by atoms with van der Waals surface area (Å²) in [5.41, 5.74) is 6.12. The van der Waals surface area contributed by atoms with Crippen molar-refractivity contribution in [2.45, 2.75) is 27.7 Å². The quantitative estimate of drug-likeness (QED) is 0.541. The van der Waals surface area contributed by atoms with Crippen molar-refractivity contribution in [2.24, 2.45) is 21.6 Å². The maximum atomic E-state index is 10.7. The van der Waals surface area contributed by atoms with Crippen molar-refractivity contribution in [1.82, 2.24) is 5.32 Å². The molecule has 5 heteroatoms. The molecule has 0 bridgehead atoms. The van der Waals surface area contributed by atoms with Crippen LogP contribution < -0.4 is 11.1 Å². The van der Waals surface area contributed by atoms with Gasteiger partial charge in [0.25, 0.3) is 0 Å². The van der Waals surface area contributed by atoms with Crippen LogP contribution in [0.15, 0.2) is 21.4 Å². The third-order valence-electron chi connectivity index (χ3n) is 2.17. The van der Waals surface area contributed by atoms with E-state index in [1.807, 2.05) is 20.8 Å². The Morgan fingerprint density at radius 2 is 2.00 bits per heavy atom. The molecule has 0 unspecified atom stereocenters. The summed E-state index contributed by atoms with van der Waals surface area (Å²) in [5, 5.41) is 2.90. The first kappa shape index (κ1) is 14.3. The Labute approximate surface area is 96.5 Å². The van der Waals surface area contributed by atoms with Gasteiger partial charge in [0.2, 0.25) is 5.91 Å². The predicted molar refractivity (Wildman–Crippen MR) is 67.4 cm³/mol. The molecule has 0 aromatic heterocycles. The number of nitrogens with one attached hydrogen (secondary N) is 1. The van der Waals surface area contributed by atoms with Crippen LogP contribution >= 0.6 is 0 Å². The largest absolute Gasteiger partial charge is 0.368 e. The summed E-state index contributed by atoms with van der Waals surface area (Å²) in [6.45, 7) is 11.2. The molecule has 0 saturated carbocycles. The minimum absolute atomic E-state index is 0.0628. The number of primary amides is 1. The van der Waals surface area contributed by atoms with Crippen molar-refractivity contribution in [3.63, 3.8) is 0 Å². The standard InChI is InChI=1S/C11H20N4O/c1-7(2)8(3)11(14-6-10(12)16)15-9(4)13-5/h7,14H,5-6H2,1-4H3,(H2,12,16)/b11-8+,15-9?. The van der Waals surface area contributed by atoms with Crippen molar-refractivity contribution in [3.05, 3.63) is 11.4 Å². The van der Waals surface area contributed by atoms with Gasteiger partial charge in [0, 0.05) is 0 Å². The molecule has 0 spiro atoms. The molecule has 0 aromatic carbocycles. The maximum absolute atomic E-state index is 10.7. The highest BCUT2D eigenvalue weighted by molar-refractivity contribution is 5.84. The number of aliphatic imine (C=N–C) groups is 2. The molecule has 0 saturated heterocycles. The van der Waals surface area contributed by atoms with Crippen molar-refractivity contribution in [1.29, 1.82) is 0 Å². The highest BCUT2D eigenvalue weighted by atomic mass is 16.1. The molecule has 3 N–H and O–H groups in total. The van der Waals surface area contributed by atoms with Gasteiger partial charge >= 0.3 is 0 Å². The Hall–Kier alpha value is -1.65. The summed E-state index contributed by atoms with van der Waals surface area (Å²) in [6, 6.07) is 0. The molecule has 5 nitrogen and oxygen atoms in total. The Morgan fingerprint density at radius 1 is 1.44 bits per heavy atom. The Kier molecular flexibility index (Phi) is 6.07. The summed E-state index contributed by atoms with van der Waals surface area (Å²) < 4.78 is 0. The fraction of sp³-hybridized carbons (Fsp3) is 0.545. The topological polar surface area (TPSA) is 79.8 Å². The molecule has 1 amide bonds. The Bertz CT molecular complexity index is 329. The number of amides is 1. The second-order valence-corrected chi connectivity index (χ2v) is 3.82. The van der Waals surface area contributed by atoms with Gasteiger partial charge in [-0.05, 0) is 32.1 Å². The van der Waals surface area contributed by atoms with E-state index in [0.29, 0.717) is 17.6 Å². The van der Waals surface area contributed by atoms with Crippen LogP contribution in [-0.4, -0.2) is 25.0 Å². The van der Waals surface area contributed by atoms with Gasteiger partial charge in [-0.2, -0.15) is 0 Å². The third-order valence-corrected chi connectivity index (χ3v) is 2.17. The molecule has 0 radical (unpaired) electrons. The molecule has 90 valence electrons. The first-order valence-electron chi connectivity index (χ1n) is 5.13. The molecule has 16 heavy (non-hydrogen) atoms. The van der Waals surface area contributed by atoms with Gasteiger partial charge in [-0.25, -0.2) is 9.98 Å². The summed E-state index contributed by atoms with van der Waals surface area (Å²) in [5.74, 6) is 1.09. The lowest BCUT2D eigenvalue weighted by atomic mass is 10.1. The summed E-state index contributed by atoms with van der Waals surface area (Å²) >= 11 is 0. The van der Waals surface area contributed by atoms with Gasteiger partial charge < -0.3 is 11.1 Å². The predicted octanol–water partition coefficient (Wildman–Crippen LogP) is 1.07. The van der Waals surface area contributed by atoms with Crippen LogP contribution in [0.4, 0.5) is 0 Å². The average molecular weight is 224 g/mol. The number of amidine groups is 1. The highest BCUT2D eigenvalue weighted by Gasteiger charge is 2.06. The highest BCUT2D eigenvalue weighted by Crippen LogP contribution is 2.13. The number of allylic oxidation sites excluding steroid dienone is 1. The second kappa shape index (κ2) is 6.76. The molecular weight excluding hydrogens is 204 g/mol. The lowest BCUT2D eigenvalue weighted by Crippen LogP contribution is -2.28. The van der Waals surface area contributed by atoms with Gasteiger partial charge in [0.05, 0.1) is 6.54 Å². The summed E-state index contributed by atoms with van der Waals surface area (Å²) in [6.07, 6.45) is 0. The van der Waals surface area contributed by atoms with Crippen molar-refractivity contribution >= 4 is 18.5 Å². The number of carbonyl (C=O) groups is 1. The zero-order valence-electron chi connectivity index (χ0n) is 10.4. The van der Waals surface area contributed by atoms with Crippen LogP contribution in [0.2, 0.25) is 0 Å². The van der Waals surface area contributed by atoms with Crippen LogP contribution in [-0.2, 0) is 4.79 Å². The van der Waals surface area contributed by atoms with Crippen LogP contribution in [0.1, 0.15) is 27.7 Å². The average Bonchev–Trinajstić information content (AvgIpc) is 2.22. The smallest absolute Gasteiger partial charge is 0.236 e. The molecule has 0 heterocycles. The van der Waals surface area contributed by atoms with E-state index >= 15 is 0 Å². The Balaban J connectivity index is 4.98. The van der Waals surface area contributed by atoms with E-state index in [2.05, 4.69) is 22.0 Å². The number of carbonyl (C=O) groups excluding carboxylic acids is 1. The van der Waals surface area contributed by atoms with Gasteiger partial charge in [-0.1, -0.05) is 13.8 Å². The lowest BCUT2D eigenvalue weighted by Gasteiger charge is -2.12. The van der Waals surface area contributed by atoms with Gasteiger partial charge in [-0.3, -0.25) is 4.79 Å². The normalized spacial score (nSPS) is 13.4. The zero-order chi connectivity index (χ0) is 12.7. The van der Waals surface area contributed by atoms with Gasteiger partial charge in [-0.15, -0.1) is 0 Å². The fourth-order valence-electron chi connectivity index (χ4n) is 0.909. The molecule has 0 rings (SSSR count). The van der Waals surface area contributed by atoms with Gasteiger partial charge in [0.15, 0.2) is 0 Å². The molecule has 0 aliphatic heterocycles. The fourth-order valence-corrected chi connectivity index (χ4v) is 0.909. The van der Waals surface area contributed by atoms with E-state index < -0.39 is 5.91 Å². The van der Waals surface area contributed by atoms with Crippen LogP contribution in [0.25, 0.3) is 0 Å². The van der Waals surface area contributed by atoms with E-state index in [9.17, 15) is 4.79 Å². The van der Waals surface area contributed by atoms with Crippen molar-refractivity contribution in [3.8, 4) is 0 Å². The first-order chi connectivity index (χ1) is 7.38. The SMILES string of the molecule is C=NC(C)=N/C(NCC(N)=O)=C(\C)C(C)C. The molecule has 0 aromatic rings. The van der Waals surface area contributed by atoms with E-state index in [-0.39, 0.29) is 6.54 Å². The molecule has 0 aliphatic carbocycles.